The van der Waals surface area contributed by atoms with E-state index in [0.717, 1.165) is 0 Å². The molecule has 0 spiro atoms. The van der Waals surface area contributed by atoms with Crippen LogP contribution in [0.5, 0.6) is 0 Å². The van der Waals surface area contributed by atoms with Gasteiger partial charge in [-0.1, -0.05) is 24.3 Å². The van der Waals surface area contributed by atoms with E-state index in [1.165, 1.54) is 55.1 Å². The zero-order chi connectivity index (χ0) is 18.7. The number of para-hydroxylation sites is 1. The van der Waals surface area contributed by atoms with E-state index in [2.05, 4.69) is 104 Å². The molecule has 5 rings (SSSR count). The Labute approximate surface area is 159 Å². The predicted molar refractivity (Wildman–Crippen MR) is 113 cm³/mol. The Balaban J connectivity index is 1.82. The highest BCUT2D eigenvalue weighted by Gasteiger charge is 2.16. The standard InChI is InChI=1S/C25H23N2/c1-16-10-25(26(4)14-18(16)3)23-13-21-15-27-22(12-20(21)9-17(23)2)11-19-7-5-6-8-24(19)27/h5-15H,1-4H3/q+1. The average Bonchev–Trinajstić information content (AvgIpc) is 3.00. The Bertz CT molecular complexity index is 1360. The maximum Gasteiger partial charge on any atom is 0.212 e. The summed E-state index contributed by atoms with van der Waals surface area (Å²) in [7, 11) is 2.13. The van der Waals surface area contributed by atoms with Crippen molar-refractivity contribution >= 4 is 27.2 Å². The van der Waals surface area contributed by atoms with Crippen molar-refractivity contribution in [2.24, 2.45) is 7.05 Å². The first-order valence-electron chi connectivity index (χ1n) is 9.43. The first kappa shape index (κ1) is 16.1. The number of aryl methyl sites for hydroxylation is 4. The van der Waals surface area contributed by atoms with Gasteiger partial charge in [-0.2, -0.15) is 0 Å². The van der Waals surface area contributed by atoms with Crippen molar-refractivity contribution in [1.29, 1.82) is 0 Å². The predicted octanol–water partition coefficient (Wildman–Crippen LogP) is 5.66. The number of rotatable bonds is 1. The molecule has 0 bridgehead atoms. The van der Waals surface area contributed by atoms with E-state index in [0.29, 0.717) is 0 Å². The molecule has 0 aliphatic carbocycles. The van der Waals surface area contributed by atoms with Gasteiger partial charge >= 0.3 is 0 Å². The summed E-state index contributed by atoms with van der Waals surface area (Å²) in [5.74, 6) is 0. The van der Waals surface area contributed by atoms with Gasteiger partial charge in [0.1, 0.15) is 7.05 Å². The van der Waals surface area contributed by atoms with Gasteiger partial charge in [0.25, 0.3) is 0 Å². The summed E-state index contributed by atoms with van der Waals surface area (Å²) in [6, 6.07) is 20.1. The molecule has 0 radical (unpaired) electrons. The summed E-state index contributed by atoms with van der Waals surface area (Å²) in [4.78, 5) is 0. The molecule has 3 aromatic heterocycles. The Kier molecular flexibility index (Phi) is 3.38. The van der Waals surface area contributed by atoms with Crippen LogP contribution in [0.1, 0.15) is 16.7 Å². The molecule has 0 aliphatic rings. The Hall–Kier alpha value is -3.13. The molecule has 2 aromatic carbocycles. The zero-order valence-corrected chi connectivity index (χ0v) is 16.2. The van der Waals surface area contributed by atoms with Gasteiger partial charge in [0.2, 0.25) is 5.69 Å². The van der Waals surface area contributed by atoms with Crippen molar-refractivity contribution < 1.29 is 4.57 Å². The van der Waals surface area contributed by atoms with Crippen molar-refractivity contribution in [1.82, 2.24) is 4.40 Å². The molecule has 0 saturated heterocycles. The van der Waals surface area contributed by atoms with Crippen molar-refractivity contribution in [3.8, 4) is 11.3 Å². The number of aromatic nitrogens is 2. The van der Waals surface area contributed by atoms with Gasteiger partial charge in [0, 0.05) is 34.3 Å². The lowest BCUT2D eigenvalue weighted by Crippen LogP contribution is -2.31. The van der Waals surface area contributed by atoms with E-state index in [4.69, 9.17) is 0 Å². The van der Waals surface area contributed by atoms with Crippen LogP contribution in [0.2, 0.25) is 0 Å². The molecule has 2 heteroatoms. The van der Waals surface area contributed by atoms with Gasteiger partial charge in [0.15, 0.2) is 6.20 Å². The average molecular weight is 351 g/mol. The molecule has 132 valence electrons. The van der Waals surface area contributed by atoms with Crippen LogP contribution >= 0.6 is 0 Å². The second kappa shape index (κ2) is 5.68. The van der Waals surface area contributed by atoms with Gasteiger partial charge in [-0.05, 0) is 66.9 Å². The highest BCUT2D eigenvalue weighted by atomic mass is 14.9. The van der Waals surface area contributed by atoms with Crippen LogP contribution in [-0.4, -0.2) is 4.40 Å². The third-order valence-corrected chi connectivity index (χ3v) is 5.80. The molecule has 0 unspecified atom stereocenters. The fourth-order valence-corrected chi connectivity index (χ4v) is 4.16. The van der Waals surface area contributed by atoms with Crippen LogP contribution in [0.3, 0.4) is 0 Å². The van der Waals surface area contributed by atoms with Crippen molar-refractivity contribution in [2.45, 2.75) is 20.8 Å². The fourth-order valence-electron chi connectivity index (χ4n) is 4.16. The first-order valence-corrected chi connectivity index (χ1v) is 9.43. The fraction of sp³-hybridized carbons (Fsp3) is 0.160. The van der Waals surface area contributed by atoms with Gasteiger partial charge in [0.05, 0.1) is 5.52 Å². The SMILES string of the molecule is Cc1cc(-c2cc3cn4c(cc3cc2C)cc2ccccc24)[n+](C)cc1C. The van der Waals surface area contributed by atoms with Crippen molar-refractivity contribution in [3.05, 3.63) is 83.7 Å². The van der Waals surface area contributed by atoms with Crippen LogP contribution in [0.25, 0.3) is 38.4 Å². The second-order valence-corrected chi connectivity index (χ2v) is 7.70. The summed E-state index contributed by atoms with van der Waals surface area (Å²) in [5.41, 5.74) is 9.01. The highest BCUT2D eigenvalue weighted by Crippen LogP contribution is 2.30. The lowest BCUT2D eigenvalue weighted by molar-refractivity contribution is -0.660. The Morgan fingerprint density at radius 3 is 2.37 bits per heavy atom. The smallest absolute Gasteiger partial charge is 0.212 e. The van der Waals surface area contributed by atoms with Crippen LogP contribution < -0.4 is 4.57 Å². The maximum absolute atomic E-state index is 2.34. The Morgan fingerprint density at radius 2 is 1.52 bits per heavy atom. The van der Waals surface area contributed by atoms with Gasteiger partial charge in [-0.15, -0.1) is 0 Å². The summed E-state index contributed by atoms with van der Waals surface area (Å²) >= 11 is 0. The summed E-state index contributed by atoms with van der Waals surface area (Å²) in [6.07, 6.45) is 4.49. The lowest BCUT2D eigenvalue weighted by Gasteiger charge is -2.10. The molecule has 0 N–H and O–H groups in total. The number of hydrogen-bond donors (Lipinski definition) is 0. The largest absolute Gasteiger partial charge is 0.316 e. The van der Waals surface area contributed by atoms with E-state index in [1.54, 1.807) is 0 Å². The highest BCUT2D eigenvalue weighted by molar-refractivity contribution is 5.95. The number of benzene rings is 2. The van der Waals surface area contributed by atoms with Crippen molar-refractivity contribution in [3.63, 3.8) is 0 Å². The molecular formula is C25H23N2+. The minimum absolute atomic E-state index is 1.24. The van der Waals surface area contributed by atoms with E-state index in [-0.39, 0.29) is 0 Å². The summed E-state index contributed by atoms with van der Waals surface area (Å²) in [6.45, 7) is 6.56. The number of pyridine rings is 2. The molecule has 0 saturated carbocycles. The first-order chi connectivity index (χ1) is 13.0. The van der Waals surface area contributed by atoms with Gasteiger partial charge in [-0.3, -0.25) is 0 Å². The van der Waals surface area contributed by atoms with Crippen LogP contribution in [0.4, 0.5) is 0 Å². The van der Waals surface area contributed by atoms with Gasteiger partial charge in [-0.25, -0.2) is 4.57 Å². The second-order valence-electron chi connectivity index (χ2n) is 7.70. The molecule has 0 amide bonds. The van der Waals surface area contributed by atoms with E-state index in [1.807, 2.05) is 0 Å². The maximum atomic E-state index is 2.34. The molecule has 0 atom stereocenters. The third-order valence-electron chi connectivity index (χ3n) is 5.80. The summed E-state index contributed by atoms with van der Waals surface area (Å²) in [5, 5.41) is 3.84. The topological polar surface area (TPSA) is 8.29 Å². The minimum atomic E-state index is 1.24. The van der Waals surface area contributed by atoms with E-state index < -0.39 is 0 Å². The molecular weight excluding hydrogens is 328 g/mol. The molecule has 0 fully saturated rings. The third kappa shape index (κ3) is 2.44. The van der Waals surface area contributed by atoms with Crippen LogP contribution in [-0.2, 0) is 7.05 Å². The molecule has 27 heavy (non-hydrogen) atoms. The zero-order valence-electron chi connectivity index (χ0n) is 16.2. The normalized spacial score (nSPS) is 11.7. The molecule has 5 aromatic rings. The minimum Gasteiger partial charge on any atom is -0.316 e. The number of fused-ring (bicyclic) bond motifs is 4. The molecule has 3 heterocycles. The molecule has 2 nitrogen and oxygen atoms in total. The monoisotopic (exact) mass is 351 g/mol. The van der Waals surface area contributed by atoms with Crippen LogP contribution in [0.15, 0.2) is 67.0 Å². The Morgan fingerprint density at radius 1 is 0.741 bits per heavy atom. The molecule has 0 aliphatic heterocycles. The summed E-state index contributed by atoms with van der Waals surface area (Å²) < 4.78 is 4.54. The van der Waals surface area contributed by atoms with Gasteiger partial charge < -0.3 is 4.40 Å². The number of nitrogens with zero attached hydrogens (tertiary/aromatic N) is 2. The van der Waals surface area contributed by atoms with E-state index >= 15 is 0 Å². The van der Waals surface area contributed by atoms with Crippen molar-refractivity contribution in [2.75, 3.05) is 0 Å². The van der Waals surface area contributed by atoms with E-state index in [9.17, 15) is 0 Å². The number of hydrogen-bond acceptors (Lipinski definition) is 0. The quantitative estimate of drug-likeness (QED) is 0.344. The lowest BCUT2D eigenvalue weighted by atomic mass is 9.98. The van der Waals surface area contributed by atoms with Crippen LogP contribution in [0, 0.1) is 20.8 Å².